The van der Waals surface area contributed by atoms with Crippen LogP contribution >= 0.6 is 0 Å². The third-order valence-corrected chi connectivity index (χ3v) is 10.4. The van der Waals surface area contributed by atoms with Crippen LogP contribution in [0.3, 0.4) is 0 Å². The number of methoxy groups -OCH3 is 4. The normalized spacial score (nSPS) is 30.5. The molecule has 0 spiro atoms. The fourth-order valence-corrected chi connectivity index (χ4v) is 8.04. The molecule has 2 aromatic rings. The summed E-state index contributed by atoms with van der Waals surface area (Å²) in [6.07, 6.45) is -6.88. The number of phenols is 2. The fourth-order valence-electron chi connectivity index (χ4n) is 8.04. The van der Waals surface area contributed by atoms with Crippen LogP contribution in [0.2, 0.25) is 0 Å². The molecule has 0 saturated carbocycles. The van der Waals surface area contributed by atoms with Crippen LogP contribution in [0.25, 0.3) is 0 Å². The van der Waals surface area contributed by atoms with Crippen molar-refractivity contribution in [2.45, 2.75) is 68.5 Å². The standard InChI is InChI=1S/C36H39N3O15/c1-13-9-15-10-20(41)36(52-6)32(46)23-17(31(45)35(36,48)24(15)28(44)21(13)34(47)51-5)11-16-22(27(23)43)19(40)12-18(26(16)42)38-33-30(50-4)25(39-53-8-7-37)29(49-3)14(2)54-33/h9,11,14,20,29-30,33,41,43-44,48H,7-8,10,12,37H2,1-6H3/t14-,20+,29-,30+,33-,35-,36+/m0/s1. The second kappa shape index (κ2) is 14.0. The van der Waals surface area contributed by atoms with Gasteiger partial charge in [-0.25, -0.2) is 4.79 Å². The van der Waals surface area contributed by atoms with E-state index in [0.717, 1.165) is 20.3 Å². The summed E-state index contributed by atoms with van der Waals surface area (Å²) in [7, 11) is 4.72. The van der Waals surface area contributed by atoms with Gasteiger partial charge in [0.05, 0.1) is 42.6 Å². The zero-order chi connectivity index (χ0) is 39.6. The SMILES string of the molecule is COC(=O)c1c(C)cc2c(c1O)[C@]1(O)C(=O)c3cc4c(c(O)c3C(=O)[C@]1(OC)[C@H](O)C2)C(=O)CC(=N[C@H]1O[C@@H](C)[C@H](OC)C(=NOCCN)[C@H]1OC)C4=O. The Morgan fingerprint density at radius 2 is 1.69 bits per heavy atom. The van der Waals surface area contributed by atoms with E-state index in [4.69, 9.17) is 34.3 Å². The number of nitrogens with zero attached hydrogens (tertiary/aromatic N) is 2. The number of esters is 1. The summed E-state index contributed by atoms with van der Waals surface area (Å²) >= 11 is 0. The third kappa shape index (κ3) is 5.24. The molecule has 18 nitrogen and oxygen atoms in total. The highest BCUT2D eigenvalue weighted by atomic mass is 16.6. The number of phenolic OH excluding ortho intramolecular Hbond substituents is 2. The van der Waals surface area contributed by atoms with E-state index in [9.17, 15) is 44.4 Å². The van der Waals surface area contributed by atoms with Gasteiger partial charge in [0.1, 0.15) is 41.6 Å². The number of carbonyl (C=O) groups is 5. The lowest BCUT2D eigenvalue weighted by Crippen LogP contribution is -2.73. The number of ketones is 4. The van der Waals surface area contributed by atoms with Crippen LogP contribution in [-0.4, -0.2) is 139 Å². The first-order chi connectivity index (χ1) is 25.6. The summed E-state index contributed by atoms with van der Waals surface area (Å²) in [6.45, 7) is 3.33. The number of aliphatic imine (C=N–C) groups is 1. The lowest BCUT2D eigenvalue weighted by molar-refractivity contribution is -0.181. The van der Waals surface area contributed by atoms with Crippen molar-refractivity contribution in [1.29, 1.82) is 0 Å². The molecule has 6 N–H and O–H groups in total. The molecule has 2 aromatic carbocycles. The molecular weight excluding hydrogens is 714 g/mol. The van der Waals surface area contributed by atoms with Gasteiger partial charge in [-0.2, -0.15) is 0 Å². The predicted molar refractivity (Wildman–Crippen MR) is 183 cm³/mol. The summed E-state index contributed by atoms with van der Waals surface area (Å²) in [6, 6.07) is 2.19. The largest absolute Gasteiger partial charge is 0.507 e. The van der Waals surface area contributed by atoms with Gasteiger partial charge in [-0.05, 0) is 31.0 Å². The van der Waals surface area contributed by atoms with Gasteiger partial charge in [0.2, 0.25) is 17.3 Å². The topological polar surface area (TPSA) is 272 Å². The average Bonchev–Trinajstić information content (AvgIpc) is 3.12. The van der Waals surface area contributed by atoms with E-state index in [1.165, 1.54) is 27.2 Å². The molecule has 3 aliphatic carbocycles. The Morgan fingerprint density at radius 3 is 2.30 bits per heavy atom. The lowest BCUT2D eigenvalue weighted by Gasteiger charge is -2.52. The molecule has 4 aliphatic rings. The monoisotopic (exact) mass is 753 g/mol. The smallest absolute Gasteiger partial charge is 0.341 e. The Morgan fingerprint density at radius 1 is 1.00 bits per heavy atom. The van der Waals surface area contributed by atoms with Crippen molar-refractivity contribution < 1.29 is 72.9 Å². The number of rotatable bonds is 8. The predicted octanol–water partition coefficient (Wildman–Crippen LogP) is 0.0780. The van der Waals surface area contributed by atoms with Crippen LogP contribution in [0, 0.1) is 6.92 Å². The Balaban J connectivity index is 1.52. The molecule has 1 saturated heterocycles. The van der Waals surface area contributed by atoms with E-state index in [1.807, 2.05) is 0 Å². The van der Waals surface area contributed by atoms with Crippen LogP contribution in [0.15, 0.2) is 22.3 Å². The number of ether oxygens (including phenoxy) is 5. The molecule has 0 bridgehead atoms. The van der Waals surface area contributed by atoms with Crippen LogP contribution in [0.4, 0.5) is 0 Å². The molecule has 0 radical (unpaired) electrons. The van der Waals surface area contributed by atoms with Crippen molar-refractivity contribution in [2.75, 3.05) is 41.6 Å². The number of aliphatic hydroxyl groups is 2. The molecule has 1 heterocycles. The van der Waals surface area contributed by atoms with E-state index in [0.29, 0.717) is 0 Å². The molecule has 18 heteroatoms. The quantitative estimate of drug-likeness (QED) is 0.136. The van der Waals surface area contributed by atoms with Crippen molar-refractivity contribution in [2.24, 2.45) is 15.9 Å². The van der Waals surface area contributed by atoms with Gasteiger partial charge in [-0.3, -0.25) is 24.2 Å². The maximum absolute atomic E-state index is 14.7. The summed E-state index contributed by atoms with van der Waals surface area (Å²) in [4.78, 5) is 79.5. The maximum atomic E-state index is 14.7. The first kappa shape index (κ1) is 38.8. The highest BCUT2D eigenvalue weighted by Gasteiger charge is 2.72. The van der Waals surface area contributed by atoms with E-state index in [1.54, 1.807) is 6.92 Å². The van der Waals surface area contributed by atoms with Crippen LogP contribution in [-0.2, 0) is 40.5 Å². The molecule has 0 aromatic heterocycles. The molecular formula is C36H39N3O15. The van der Waals surface area contributed by atoms with Crippen molar-refractivity contribution in [3.8, 4) is 11.5 Å². The first-order valence-electron chi connectivity index (χ1n) is 16.8. The molecule has 0 unspecified atom stereocenters. The molecule has 6 rings (SSSR count). The molecule has 288 valence electrons. The Kier molecular flexibility index (Phi) is 10.1. The van der Waals surface area contributed by atoms with Gasteiger partial charge >= 0.3 is 5.97 Å². The molecule has 1 fully saturated rings. The Hall–Kier alpha value is -4.95. The average molecular weight is 754 g/mol. The highest BCUT2D eigenvalue weighted by Crippen LogP contribution is 2.56. The summed E-state index contributed by atoms with van der Waals surface area (Å²) in [5, 5.41) is 51.1. The Bertz CT molecular complexity index is 2060. The first-order valence-corrected chi connectivity index (χ1v) is 16.8. The zero-order valence-corrected chi connectivity index (χ0v) is 30.1. The van der Waals surface area contributed by atoms with E-state index in [-0.39, 0.29) is 35.7 Å². The number of aromatic hydroxyl groups is 2. The summed E-state index contributed by atoms with van der Waals surface area (Å²) in [5.74, 6) is -7.55. The van der Waals surface area contributed by atoms with Crippen LogP contribution in [0.5, 0.6) is 11.5 Å². The van der Waals surface area contributed by atoms with Crippen molar-refractivity contribution in [3.63, 3.8) is 0 Å². The number of aryl methyl sites for hydroxylation is 1. The van der Waals surface area contributed by atoms with Gasteiger partial charge in [-0.15, -0.1) is 0 Å². The summed E-state index contributed by atoms with van der Waals surface area (Å²) < 4.78 is 27.4. The van der Waals surface area contributed by atoms with E-state index >= 15 is 0 Å². The fraction of sp³-hybridized carbons (Fsp3) is 0.472. The minimum Gasteiger partial charge on any atom is -0.507 e. The highest BCUT2D eigenvalue weighted by molar-refractivity contribution is 6.53. The van der Waals surface area contributed by atoms with Crippen molar-refractivity contribution >= 4 is 40.5 Å². The second-order valence-electron chi connectivity index (χ2n) is 13.2. The van der Waals surface area contributed by atoms with Gasteiger partial charge in [0.15, 0.2) is 23.2 Å². The number of benzene rings is 2. The number of nitrogens with two attached hydrogens (primary N) is 1. The number of oxime groups is 1. The van der Waals surface area contributed by atoms with Gasteiger partial charge in [0, 0.05) is 51.0 Å². The van der Waals surface area contributed by atoms with Crippen molar-refractivity contribution in [3.05, 3.63) is 56.6 Å². The number of hydrogen-bond acceptors (Lipinski definition) is 18. The number of carbonyl (C=O) groups excluding carboxylic acids is 5. The van der Waals surface area contributed by atoms with Crippen LogP contribution < -0.4 is 5.73 Å². The van der Waals surface area contributed by atoms with Crippen LogP contribution in [0.1, 0.15) is 81.8 Å². The minimum absolute atomic E-state index is 0.00533. The molecule has 54 heavy (non-hydrogen) atoms. The minimum atomic E-state index is -3.24. The van der Waals surface area contributed by atoms with Gasteiger partial charge in [0.25, 0.3) is 0 Å². The number of hydrogen-bond donors (Lipinski definition) is 5. The zero-order valence-electron chi connectivity index (χ0n) is 30.1. The maximum Gasteiger partial charge on any atom is 0.341 e. The summed E-state index contributed by atoms with van der Waals surface area (Å²) in [5.41, 5.74) is -4.33. The molecule has 1 aliphatic heterocycles. The second-order valence-corrected chi connectivity index (χ2v) is 13.2. The van der Waals surface area contributed by atoms with Gasteiger partial charge in [-0.1, -0.05) is 11.2 Å². The molecule has 0 amide bonds. The van der Waals surface area contributed by atoms with E-state index < -0.39 is 129 Å². The lowest BCUT2D eigenvalue weighted by atomic mass is 9.56. The third-order valence-electron chi connectivity index (χ3n) is 10.4. The van der Waals surface area contributed by atoms with E-state index in [2.05, 4.69) is 10.1 Å². The van der Waals surface area contributed by atoms with Crippen molar-refractivity contribution in [1.82, 2.24) is 0 Å². The Labute approximate surface area is 307 Å². The number of Topliss-reactive ketones (excluding diaryl/α,β-unsaturated/α-hetero) is 4. The number of aliphatic hydroxyl groups excluding tert-OH is 1. The van der Waals surface area contributed by atoms with Gasteiger partial charge < -0.3 is 54.7 Å². The molecule has 7 atom stereocenters. The number of fused-ring (bicyclic) bond motifs is 5.